The first-order chi connectivity index (χ1) is 9.26. The summed E-state index contributed by atoms with van der Waals surface area (Å²) in [5.41, 5.74) is 6.26. The van der Waals surface area contributed by atoms with Gasteiger partial charge in [0.25, 0.3) is 0 Å². The van der Waals surface area contributed by atoms with E-state index in [9.17, 15) is 8.42 Å². The lowest BCUT2D eigenvalue weighted by Gasteiger charge is -2.27. The maximum Gasteiger partial charge on any atom is 0.240 e. The van der Waals surface area contributed by atoms with Gasteiger partial charge in [-0.1, -0.05) is 37.9 Å². The Morgan fingerprint density at radius 1 is 1.45 bits per heavy atom. The van der Waals surface area contributed by atoms with Crippen molar-refractivity contribution in [2.24, 2.45) is 11.1 Å². The van der Waals surface area contributed by atoms with Crippen LogP contribution >= 0.6 is 11.6 Å². The van der Waals surface area contributed by atoms with E-state index in [0.717, 1.165) is 24.8 Å². The van der Waals surface area contributed by atoms with Crippen LogP contribution in [0, 0.1) is 5.41 Å². The number of rotatable bonds is 4. The molecule has 1 aliphatic rings. The highest BCUT2D eigenvalue weighted by Gasteiger charge is 2.37. The third-order valence-corrected chi connectivity index (χ3v) is 5.93. The first-order valence-corrected chi connectivity index (χ1v) is 8.63. The predicted octanol–water partition coefficient (Wildman–Crippen LogP) is 2.66. The van der Waals surface area contributed by atoms with E-state index >= 15 is 0 Å². The molecular formula is C14H21ClN2O2S. The molecule has 1 atom stereocenters. The lowest BCUT2D eigenvalue weighted by molar-refractivity contribution is 0.313. The quantitative estimate of drug-likeness (QED) is 0.897. The van der Waals surface area contributed by atoms with Crippen molar-refractivity contribution in [1.29, 1.82) is 0 Å². The molecule has 0 spiro atoms. The zero-order valence-electron chi connectivity index (χ0n) is 11.8. The van der Waals surface area contributed by atoms with E-state index in [1.165, 1.54) is 6.07 Å². The summed E-state index contributed by atoms with van der Waals surface area (Å²) in [5.74, 6) is 0. The molecule has 6 heteroatoms. The molecule has 112 valence electrons. The molecule has 0 amide bonds. The Hall–Kier alpha value is -0.620. The highest BCUT2D eigenvalue weighted by molar-refractivity contribution is 7.89. The molecule has 0 radical (unpaired) electrons. The Kier molecular flexibility index (Phi) is 4.44. The average molecular weight is 317 g/mol. The molecule has 1 fully saturated rings. The van der Waals surface area contributed by atoms with Gasteiger partial charge >= 0.3 is 0 Å². The van der Waals surface area contributed by atoms with Crippen molar-refractivity contribution in [3.05, 3.63) is 28.8 Å². The smallest absolute Gasteiger partial charge is 0.240 e. The minimum Gasteiger partial charge on any atom is -0.326 e. The average Bonchev–Trinajstić information content (AvgIpc) is 2.68. The number of nitrogens with one attached hydrogen (secondary N) is 1. The number of hydrogen-bond donors (Lipinski definition) is 2. The summed E-state index contributed by atoms with van der Waals surface area (Å²) in [6, 6.07) is 4.66. The number of halogens is 1. The van der Waals surface area contributed by atoms with E-state index in [4.69, 9.17) is 17.3 Å². The Labute approximate surface area is 125 Å². The van der Waals surface area contributed by atoms with Gasteiger partial charge in [0.1, 0.15) is 0 Å². The number of sulfonamides is 1. The van der Waals surface area contributed by atoms with Gasteiger partial charge in [-0.25, -0.2) is 13.1 Å². The summed E-state index contributed by atoms with van der Waals surface area (Å²) >= 11 is 6.04. The van der Waals surface area contributed by atoms with E-state index in [-0.39, 0.29) is 16.4 Å². The van der Waals surface area contributed by atoms with Gasteiger partial charge in [0, 0.05) is 17.6 Å². The van der Waals surface area contributed by atoms with E-state index in [1.807, 2.05) is 0 Å². The third kappa shape index (κ3) is 3.17. The van der Waals surface area contributed by atoms with Crippen LogP contribution in [-0.4, -0.2) is 14.5 Å². The van der Waals surface area contributed by atoms with Gasteiger partial charge < -0.3 is 5.73 Å². The first-order valence-electron chi connectivity index (χ1n) is 6.77. The number of benzene rings is 1. The summed E-state index contributed by atoms with van der Waals surface area (Å²) < 4.78 is 27.7. The van der Waals surface area contributed by atoms with Crippen molar-refractivity contribution in [2.75, 3.05) is 0 Å². The lowest BCUT2D eigenvalue weighted by Crippen LogP contribution is -2.41. The van der Waals surface area contributed by atoms with Gasteiger partial charge in [0.15, 0.2) is 0 Å². The molecule has 20 heavy (non-hydrogen) atoms. The minimum absolute atomic E-state index is 0.00589. The molecular weight excluding hydrogens is 296 g/mol. The molecule has 1 aliphatic carbocycles. The normalized spacial score (nSPS) is 22.1. The van der Waals surface area contributed by atoms with E-state index in [2.05, 4.69) is 18.6 Å². The van der Waals surface area contributed by atoms with Crippen molar-refractivity contribution in [3.63, 3.8) is 0 Å². The van der Waals surface area contributed by atoms with Crippen LogP contribution in [0.3, 0.4) is 0 Å². The molecule has 4 nitrogen and oxygen atoms in total. The Bertz CT molecular complexity index is 599. The lowest BCUT2D eigenvalue weighted by atomic mass is 9.88. The van der Waals surface area contributed by atoms with Crippen LogP contribution in [0.25, 0.3) is 0 Å². The Balaban J connectivity index is 2.25. The standard InChI is InChI=1S/C14H21ClN2O2S/c1-14(2)7-3-4-13(14)17-20(18,19)11-6-5-10(9-16)12(15)8-11/h5-6,8,13,17H,3-4,7,9,16H2,1-2H3. The molecule has 0 aromatic heterocycles. The summed E-state index contributed by atoms with van der Waals surface area (Å²) in [6.45, 7) is 4.48. The summed E-state index contributed by atoms with van der Waals surface area (Å²) in [7, 11) is -3.54. The molecule has 0 heterocycles. The van der Waals surface area contributed by atoms with Crippen molar-refractivity contribution in [3.8, 4) is 0 Å². The van der Waals surface area contributed by atoms with Crippen LogP contribution in [0.15, 0.2) is 23.1 Å². The molecule has 0 aliphatic heterocycles. The van der Waals surface area contributed by atoms with Gasteiger partial charge in [0.2, 0.25) is 10.0 Å². The van der Waals surface area contributed by atoms with E-state index < -0.39 is 10.0 Å². The molecule has 1 aromatic rings. The van der Waals surface area contributed by atoms with Crippen LogP contribution in [0.2, 0.25) is 5.02 Å². The summed E-state index contributed by atoms with van der Waals surface area (Å²) in [6.07, 6.45) is 2.96. The van der Waals surface area contributed by atoms with Crippen LogP contribution in [0.1, 0.15) is 38.7 Å². The monoisotopic (exact) mass is 316 g/mol. The van der Waals surface area contributed by atoms with Gasteiger partial charge in [-0.15, -0.1) is 0 Å². The number of hydrogen-bond acceptors (Lipinski definition) is 3. The van der Waals surface area contributed by atoms with Crippen LogP contribution in [0.5, 0.6) is 0 Å². The fourth-order valence-corrected chi connectivity index (χ4v) is 4.45. The van der Waals surface area contributed by atoms with E-state index in [0.29, 0.717) is 11.6 Å². The van der Waals surface area contributed by atoms with Gasteiger partial charge in [-0.2, -0.15) is 0 Å². The second-order valence-electron chi connectivity index (χ2n) is 6.01. The van der Waals surface area contributed by atoms with Crippen LogP contribution in [0.4, 0.5) is 0 Å². The molecule has 1 saturated carbocycles. The zero-order chi connectivity index (χ0) is 15.0. The maximum absolute atomic E-state index is 12.4. The van der Waals surface area contributed by atoms with Crippen molar-refractivity contribution in [2.45, 2.75) is 50.6 Å². The highest BCUT2D eigenvalue weighted by atomic mass is 35.5. The third-order valence-electron chi connectivity index (χ3n) is 4.11. The van der Waals surface area contributed by atoms with Crippen molar-refractivity contribution < 1.29 is 8.42 Å². The molecule has 0 saturated heterocycles. The number of nitrogens with two attached hydrogens (primary N) is 1. The largest absolute Gasteiger partial charge is 0.326 e. The second-order valence-corrected chi connectivity index (χ2v) is 8.13. The maximum atomic E-state index is 12.4. The molecule has 2 rings (SSSR count). The van der Waals surface area contributed by atoms with Gasteiger partial charge in [0.05, 0.1) is 4.90 Å². The second kappa shape index (κ2) is 5.64. The summed E-state index contributed by atoms with van der Waals surface area (Å²) in [5, 5.41) is 0.390. The molecule has 1 aromatic carbocycles. The Morgan fingerprint density at radius 2 is 2.15 bits per heavy atom. The van der Waals surface area contributed by atoms with E-state index in [1.54, 1.807) is 12.1 Å². The predicted molar refractivity (Wildman–Crippen MR) is 81.1 cm³/mol. The van der Waals surface area contributed by atoms with Crippen LogP contribution in [-0.2, 0) is 16.6 Å². The minimum atomic E-state index is -3.54. The summed E-state index contributed by atoms with van der Waals surface area (Å²) in [4.78, 5) is 0.197. The van der Waals surface area contributed by atoms with Crippen molar-refractivity contribution >= 4 is 21.6 Å². The SMILES string of the molecule is CC1(C)CCCC1NS(=O)(=O)c1ccc(CN)c(Cl)c1. The first kappa shape index (κ1) is 15.8. The van der Waals surface area contributed by atoms with Crippen molar-refractivity contribution in [1.82, 2.24) is 4.72 Å². The topological polar surface area (TPSA) is 72.2 Å². The zero-order valence-corrected chi connectivity index (χ0v) is 13.4. The molecule has 0 bridgehead atoms. The molecule has 3 N–H and O–H groups in total. The molecule has 1 unspecified atom stereocenters. The Morgan fingerprint density at radius 3 is 2.65 bits per heavy atom. The van der Waals surface area contributed by atoms with Gasteiger partial charge in [-0.3, -0.25) is 0 Å². The highest BCUT2D eigenvalue weighted by Crippen LogP contribution is 2.38. The van der Waals surface area contributed by atoms with Crippen LogP contribution < -0.4 is 10.5 Å². The fourth-order valence-electron chi connectivity index (χ4n) is 2.66. The van der Waals surface area contributed by atoms with Gasteiger partial charge in [-0.05, 0) is 36.0 Å². The fraction of sp³-hybridized carbons (Fsp3) is 0.571.